The van der Waals surface area contributed by atoms with Gasteiger partial charge in [0.1, 0.15) is 0 Å². The third-order valence-electron chi connectivity index (χ3n) is 0.917. The Labute approximate surface area is 77.5 Å². The topological polar surface area (TPSA) is 38.0 Å². The maximum Gasteiger partial charge on any atom is 1.00 e. The van der Waals surface area contributed by atoms with Crippen molar-refractivity contribution in [3.8, 4) is 0 Å². The standard InChI is InChI=1S/C5H8N2O.Na.H/c8-4-3-7-2-1-6-5-7;;/h1-2,5,8H,3-4H2;;/q;+1;-1. The summed E-state index contributed by atoms with van der Waals surface area (Å²) in [6.45, 7) is 0.816. The van der Waals surface area contributed by atoms with Crippen molar-refractivity contribution < 1.29 is 36.1 Å². The Hall–Kier alpha value is 0.170. The summed E-state index contributed by atoms with van der Waals surface area (Å²) < 4.78 is 1.82. The Kier molecular flexibility index (Phi) is 5.09. The van der Waals surface area contributed by atoms with Crippen molar-refractivity contribution in [3.05, 3.63) is 18.7 Å². The van der Waals surface area contributed by atoms with Crippen LogP contribution in [0.1, 0.15) is 1.43 Å². The number of hydrogen-bond donors (Lipinski definition) is 1. The number of aliphatic hydroxyl groups excluding tert-OH is 1. The summed E-state index contributed by atoms with van der Waals surface area (Å²) in [5.41, 5.74) is 0. The smallest absolute Gasteiger partial charge is 1.00 e. The van der Waals surface area contributed by atoms with E-state index >= 15 is 0 Å². The molecule has 0 fully saturated rings. The SMILES string of the molecule is OCCn1ccnc1.[H-].[Na+]. The molecule has 0 unspecified atom stereocenters. The molecule has 9 heavy (non-hydrogen) atoms. The van der Waals surface area contributed by atoms with E-state index in [1.165, 1.54) is 0 Å². The van der Waals surface area contributed by atoms with Gasteiger partial charge in [-0.1, -0.05) is 0 Å². The summed E-state index contributed by atoms with van der Waals surface area (Å²) in [5.74, 6) is 0. The molecule has 0 saturated heterocycles. The molecule has 1 aromatic rings. The van der Waals surface area contributed by atoms with E-state index in [1.54, 1.807) is 12.5 Å². The van der Waals surface area contributed by atoms with Gasteiger partial charge in [0.05, 0.1) is 12.9 Å². The first-order valence-corrected chi connectivity index (χ1v) is 2.50. The van der Waals surface area contributed by atoms with Crippen molar-refractivity contribution in [2.75, 3.05) is 6.61 Å². The van der Waals surface area contributed by atoms with E-state index in [0.29, 0.717) is 6.54 Å². The molecule has 0 radical (unpaired) electrons. The van der Waals surface area contributed by atoms with Gasteiger partial charge in [-0.3, -0.25) is 0 Å². The van der Waals surface area contributed by atoms with Gasteiger partial charge >= 0.3 is 29.6 Å². The van der Waals surface area contributed by atoms with Crippen LogP contribution in [0, 0.1) is 0 Å². The molecule has 0 amide bonds. The second kappa shape index (κ2) is 4.99. The van der Waals surface area contributed by atoms with Gasteiger partial charge in [0.25, 0.3) is 0 Å². The van der Waals surface area contributed by atoms with Crippen molar-refractivity contribution in [2.24, 2.45) is 0 Å². The third kappa shape index (κ3) is 3.01. The van der Waals surface area contributed by atoms with Crippen LogP contribution in [0.3, 0.4) is 0 Å². The quantitative estimate of drug-likeness (QED) is 0.440. The van der Waals surface area contributed by atoms with Gasteiger partial charge in [-0.2, -0.15) is 0 Å². The molecule has 1 N–H and O–H groups in total. The van der Waals surface area contributed by atoms with Crippen LogP contribution in [0.2, 0.25) is 0 Å². The molecule has 46 valence electrons. The molecule has 0 aliphatic rings. The fraction of sp³-hybridized carbons (Fsp3) is 0.400. The van der Waals surface area contributed by atoms with Gasteiger partial charge in [-0.05, 0) is 0 Å². The fourth-order valence-electron chi connectivity index (χ4n) is 0.534. The third-order valence-corrected chi connectivity index (χ3v) is 0.917. The number of imidazole rings is 1. The number of nitrogens with zero attached hydrogens (tertiary/aromatic N) is 2. The minimum atomic E-state index is 0. The van der Waals surface area contributed by atoms with E-state index in [9.17, 15) is 0 Å². The first kappa shape index (κ1) is 9.17. The van der Waals surface area contributed by atoms with Crippen molar-refractivity contribution in [1.29, 1.82) is 0 Å². The van der Waals surface area contributed by atoms with Gasteiger partial charge in [0, 0.05) is 18.9 Å². The van der Waals surface area contributed by atoms with Crippen LogP contribution in [0.5, 0.6) is 0 Å². The van der Waals surface area contributed by atoms with Gasteiger partial charge < -0.3 is 11.1 Å². The molecule has 0 aliphatic carbocycles. The Bertz CT molecular complexity index is 145. The maximum absolute atomic E-state index is 8.39. The van der Waals surface area contributed by atoms with Gasteiger partial charge in [0.15, 0.2) is 0 Å². The summed E-state index contributed by atoms with van der Waals surface area (Å²) in [6, 6.07) is 0. The van der Waals surface area contributed by atoms with Crippen molar-refractivity contribution in [2.45, 2.75) is 6.54 Å². The van der Waals surface area contributed by atoms with Crippen LogP contribution < -0.4 is 29.6 Å². The molecular formula is C5H9N2NaO. The molecule has 3 nitrogen and oxygen atoms in total. The predicted molar refractivity (Wildman–Crippen MR) is 30.4 cm³/mol. The van der Waals surface area contributed by atoms with Crippen molar-refractivity contribution in [3.63, 3.8) is 0 Å². The summed E-state index contributed by atoms with van der Waals surface area (Å²) in [6.07, 6.45) is 5.18. The molecule has 0 atom stereocenters. The normalized spacial score (nSPS) is 8.56. The molecule has 4 heteroatoms. The largest absolute Gasteiger partial charge is 1.00 e. The van der Waals surface area contributed by atoms with Crippen molar-refractivity contribution in [1.82, 2.24) is 9.55 Å². The van der Waals surface area contributed by atoms with E-state index in [2.05, 4.69) is 4.98 Å². The van der Waals surface area contributed by atoms with E-state index in [0.717, 1.165) is 0 Å². The monoisotopic (exact) mass is 136 g/mol. The van der Waals surface area contributed by atoms with E-state index in [1.807, 2.05) is 10.8 Å². The van der Waals surface area contributed by atoms with Crippen LogP contribution in [0.15, 0.2) is 18.7 Å². The summed E-state index contributed by atoms with van der Waals surface area (Å²) in [5, 5.41) is 8.39. The Morgan fingerprint density at radius 3 is 2.89 bits per heavy atom. The van der Waals surface area contributed by atoms with Crippen LogP contribution in [0.25, 0.3) is 0 Å². The number of hydrogen-bond acceptors (Lipinski definition) is 2. The van der Waals surface area contributed by atoms with E-state index < -0.39 is 0 Å². The molecule has 1 heterocycles. The molecular weight excluding hydrogens is 127 g/mol. The van der Waals surface area contributed by atoms with E-state index in [4.69, 9.17) is 5.11 Å². The Balaban J connectivity index is 0. The average Bonchev–Trinajstić information content (AvgIpc) is 2.19. The molecule has 0 aliphatic heterocycles. The predicted octanol–water partition coefficient (Wildman–Crippen LogP) is -3.01. The molecule has 1 aromatic heterocycles. The minimum Gasteiger partial charge on any atom is -1.00 e. The first-order chi connectivity index (χ1) is 3.93. The second-order valence-electron chi connectivity index (χ2n) is 1.52. The van der Waals surface area contributed by atoms with Gasteiger partial charge in [0.2, 0.25) is 0 Å². The molecule has 0 aromatic carbocycles. The molecule has 0 spiro atoms. The first-order valence-electron chi connectivity index (χ1n) is 2.50. The average molecular weight is 136 g/mol. The summed E-state index contributed by atoms with van der Waals surface area (Å²) in [4.78, 5) is 3.79. The van der Waals surface area contributed by atoms with Crippen molar-refractivity contribution >= 4 is 0 Å². The van der Waals surface area contributed by atoms with Crippen LogP contribution >= 0.6 is 0 Å². The van der Waals surface area contributed by atoms with E-state index in [-0.39, 0.29) is 37.6 Å². The number of aliphatic hydroxyl groups is 1. The maximum atomic E-state index is 8.39. The molecule has 0 saturated carbocycles. The molecule has 0 bridgehead atoms. The summed E-state index contributed by atoms with van der Waals surface area (Å²) >= 11 is 0. The van der Waals surface area contributed by atoms with Gasteiger partial charge in [-0.25, -0.2) is 4.98 Å². The van der Waals surface area contributed by atoms with Crippen LogP contribution in [-0.2, 0) is 6.54 Å². The second-order valence-corrected chi connectivity index (χ2v) is 1.52. The summed E-state index contributed by atoms with van der Waals surface area (Å²) in [7, 11) is 0. The fourth-order valence-corrected chi connectivity index (χ4v) is 0.534. The number of aromatic nitrogens is 2. The minimum absolute atomic E-state index is 0. The van der Waals surface area contributed by atoms with Crippen LogP contribution in [0.4, 0.5) is 0 Å². The van der Waals surface area contributed by atoms with Gasteiger partial charge in [-0.15, -0.1) is 0 Å². The Morgan fingerprint density at radius 1 is 1.67 bits per heavy atom. The zero-order chi connectivity index (χ0) is 5.82. The van der Waals surface area contributed by atoms with Crippen LogP contribution in [-0.4, -0.2) is 21.3 Å². The Morgan fingerprint density at radius 2 is 2.44 bits per heavy atom. The number of rotatable bonds is 2. The zero-order valence-corrected chi connectivity index (χ0v) is 7.49. The molecule has 1 rings (SSSR count). The zero-order valence-electron chi connectivity index (χ0n) is 6.49.